The minimum absolute atomic E-state index is 0. The molecule has 0 aliphatic heterocycles. The van der Waals surface area contributed by atoms with Crippen LogP contribution in [0.25, 0.3) is 0 Å². The minimum atomic E-state index is -0.608. The van der Waals surface area contributed by atoms with Crippen molar-refractivity contribution in [3.05, 3.63) is 29.8 Å². The molecule has 23 heavy (non-hydrogen) atoms. The number of carbonyl (C=O) groups excluding carboxylic acids is 2. The van der Waals surface area contributed by atoms with E-state index in [0.29, 0.717) is 23.9 Å². The number of benzene rings is 1. The van der Waals surface area contributed by atoms with Crippen molar-refractivity contribution in [3.8, 4) is 5.75 Å². The van der Waals surface area contributed by atoms with Gasteiger partial charge in [0.2, 0.25) is 0 Å². The van der Waals surface area contributed by atoms with E-state index in [4.69, 9.17) is 4.74 Å². The molecule has 0 heterocycles. The first-order valence-corrected chi connectivity index (χ1v) is 7.16. The molecule has 0 spiro atoms. The summed E-state index contributed by atoms with van der Waals surface area (Å²) >= 11 is 0. The van der Waals surface area contributed by atoms with E-state index in [0.717, 1.165) is 0 Å². The predicted molar refractivity (Wildman–Crippen MR) is 89.3 cm³/mol. The van der Waals surface area contributed by atoms with Gasteiger partial charge in [0.05, 0.1) is 7.11 Å². The number of nitrogens with one attached hydrogen (secondary N) is 1. The molecule has 0 radical (unpaired) electrons. The largest absolute Gasteiger partial charge is 0.491 e. The molecule has 1 aromatic rings. The molecule has 0 bridgehead atoms. The van der Waals surface area contributed by atoms with Crippen LogP contribution in [0.1, 0.15) is 30.6 Å². The highest BCUT2D eigenvalue weighted by Crippen LogP contribution is 2.14. The van der Waals surface area contributed by atoms with Crippen LogP contribution in [0.15, 0.2) is 24.3 Å². The molecule has 1 unspecified atom stereocenters. The van der Waals surface area contributed by atoms with Crippen molar-refractivity contribution < 1.29 is 24.2 Å². The van der Waals surface area contributed by atoms with Gasteiger partial charge in [0, 0.05) is 18.2 Å². The van der Waals surface area contributed by atoms with E-state index in [1.165, 1.54) is 7.11 Å². The maximum Gasteiger partial charge on any atom is 0.313 e. The Kier molecular flexibility index (Phi) is 10.2. The lowest BCUT2D eigenvalue weighted by Gasteiger charge is -2.15. The first-order valence-electron chi connectivity index (χ1n) is 7.16. The summed E-state index contributed by atoms with van der Waals surface area (Å²) < 4.78 is 9.90. The quantitative estimate of drug-likeness (QED) is 0.401. The van der Waals surface area contributed by atoms with Gasteiger partial charge in [-0.15, -0.1) is 12.4 Å². The number of esters is 1. The summed E-state index contributed by atoms with van der Waals surface area (Å²) in [7, 11) is 1.24. The molecule has 0 aromatic heterocycles. The van der Waals surface area contributed by atoms with Gasteiger partial charge >= 0.3 is 5.97 Å². The number of hydrogen-bond donors (Lipinski definition) is 2. The first kappa shape index (κ1) is 21.4. The summed E-state index contributed by atoms with van der Waals surface area (Å²) in [6, 6.07) is 6.73. The Morgan fingerprint density at radius 2 is 1.83 bits per heavy atom. The van der Waals surface area contributed by atoms with Gasteiger partial charge in [-0.25, -0.2) is 0 Å². The molecule has 7 heteroatoms. The van der Waals surface area contributed by atoms with Gasteiger partial charge in [0.1, 0.15) is 24.9 Å². The van der Waals surface area contributed by atoms with Crippen LogP contribution in [0.2, 0.25) is 0 Å². The minimum Gasteiger partial charge on any atom is -0.491 e. The number of carbonyl (C=O) groups is 2. The molecule has 1 rings (SSSR count). The summed E-state index contributed by atoms with van der Waals surface area (Å²) in [6.45, 7) is 4.61. The lowest BCUT2D eigenvalue weighted by atomic mass is 10.1. The fourth-order valence-electron chi connectivity index (χ4n) is 1.67. The zero-order valence-corrected chi connectivity index (χ0v) is 14.4. The second-order valence-electron chi connectivity index (χ2n) is 5.23. The van der Waals surface area contributed by atoms with E-state index < -0.39 is 12.1 Å². The highest BCUT2D eigenvalue weighted by molar-refractivity contribution is 6.05. The lowest BCUT2D eigenvalue weighted by molar-refractivity contribution is -0.139. The molecule has 0 aliphatic rings. The zero-order valence-electron chi connectivity index (χ0n) is 13.6. The average Bonchev–Trinajstić information content (AvgIpc) is 2.51. The number of hydrogen-bond acceptors (Lipinski definition) is 6. The van der Waals surface area contributed by atoms with E-state index in [1.54, 1.807) is 24.3 Å². The second-order valence-corrected chi connectivity index (χ2v) is 5.23. The molecular weight excluding hydrogens is 322 g/mol. The van der Waals surface area contributed by atoms with E-state index >= 15 is 0 Å². The fraction of sp³-hybridized carbons (Fsp3) is 0.500. The number of Topliss-reactive ketones (excluding diaryl/α,β-unsaturated/α-hetero) is 1. The van der Waals surface area contributed by atoms with E-state index in [2.05, 4.69) is 10.1 Å². The van der Waals surface area contributed by atoms with Gasteiger partial charge < -0.3 is 19.9 Å². The highest BCUT2D eigenvalue weighted by Gasteiger charge is 2.12. The molecule has 1 atom stereocenters. The summed E-state index contributed by atoms with van der Waals surface area (Å²) in [6.07, 6.45) is -0.890. The Labute approximate surface area is 142 Å². The van der Waals surface area contributed by atoms with Crippen LogP contribution in [0.4, 0.5) is 0 Å². The van der Waals surface area contributed by atoms with Gasteiger partial charge in [0.15, 0.2) is 5.78 Å². The highest BCUT2D eigenvalue weighted by atomic mass is 35.5. The molecule has 130 valence electrons. The maximum absolute atomic E-state index is 11.8. The van der Waals surface area contributed by atoms with Crippen molar-refractivity contribution in [1.29, 1.82) is 0 Å². The molecule has 1 aromatic carbocycles. The molecule has 6 nitrogen and oxygen atoms in total. The smallest absolute Gasteiger partial charge is 0.313 e. The predicted octanol–water partition coefficient (Wildman–Crippen LogP) is 1.59. The SMILES string of the molecule is COC(=O)CC(=O)c1ccc(OCC(O)CNC(C)C)cc1.Cl. The summed E-state index contributed by atoms with van der Waals surface area (Å²) in [5, 5.41) is 12.8. The fourth-order valence-corrected chi connectivity index (χ4v) is 1.67. The molecule has 0 saturated heterocycles. The van der Waals surface area contributed by atoms with Crippen molar-refractivity contribution in [2.75, 3.05) is 20.3 Å². The number of methoxy groups -OCH3 is 1. The number of ketones is 1. The number of halogens is 1. The van der Waals surface area contributed by atoms with Gasteiger partial charge in [-0.3, -0.25) is 9.59 Å². The van der Waals surface area contributed by atoms with Crippen molar-refractivity contribution >= 4 is 24.2 Å². The first-order chi connectivity index (χ1) is 10.4. The molecule has 0 saturated carbocycles. The number of ether oxygens (including phenoxy) is 2. The Balaban J connectivity index is 0.00000484. The number of aliphatic hydroxyl groups is 1. The Morgan fingerprint density at radius 1 is 1.22 bits per heavy atom. The van der Waals surface area contributed by atoms with Crippen LogP contribution in [-0.2, 0) is 9.53 Å². The average molecular weight is 346 g/mol. The van der Waals surface area contributed by atoms with Crippen molar-refractivity contribution in [2.24, 2.45) is 0 Å². The maximum atomic E-state index is 11.8. The molecule has 0 fully saturated rings. The standard InChI is InChI=1S/C16H23NO5.ClH/c1-11(2)17-9-13(18)10-22-14-6-4-12(5-7-14)15(19)8-16(20)21-3;/h4-7,11,13,17-18H,8-10H2,1-3H3;1H. The zero-order chi connectivity index (χ0) is 16.5. The van der Waals surface area contributed by atoms with Crippen LogP contribution < -0.4 is 10.1 Å². The van der Waals surface area contributed by atoms with E-state index in [-0.39, 0.29) is 31.2 Å². The van der Waals surface area contributed by atoms with E-state index in [9.17, 15) is 14.7 Å². The topological polar surface area (TPSA) is 84.9 Å². The third-order valence-electron chi connectivity index (χ3n) is 2.91. The Hall–Kier alpha value is -1.63. The molecule has 0 aliphatic carbocycles. The third kappa shape index (κ3) is 8.54. The summed E-state index contributed by atoms with van der Waals surface area (Å²) in [4.78, 5) is 22.8. The van der Waals surface area contributed by atoms with Crippen molar-refractivity contribution in [1.82, 2.24) is 5.32 Å². The Bertz CT molecular complexity index is 490. The molecule has 0 amide bonds. The van der Waals surface area contributed by atoms with Crippen molar-refractivity contribution in [2.45, 2.75) is 32.4 Å². The second kappa shape index (κ2) is 11.0. The third-order valence-corrected chi connectivity index (χ3v) is 2.91. The van der Waals surface area contributed by atoms with Crippen LogP contribution in [0.5, 0.6) is 5.75 Å². The summed E-state index contributed by atoms with van der Waals surface area (Å²) in [5.74, 6) is -0.316. The van der Waals surface area contributed by atoms with Gasteiger partial charge in [-0.2, -0.15) is 0 Å². The number of rotatable bonds is 9. The Morgan fingerprint density at radius 3 is 2.35 bits per heavy atom. The van der Waals surface area contributed by atoms with E-state index in [1.807, 2.05) is 13.8 Å². The normalized spacial score (nSPS) is 11.5. The molecular formula is C16H24ClNO5. The van der Waals surface area contributed by atoms with Crippen LogP contribution in [0.3, 0.4) is 0 Å². The molecule has 2 N–H and O–H groups in total. The van der Waals surface area contributed by atoms with Crippen LogP contribution in [-0.4, -0.2) is 49.3 Å². The monoisotopic (exact) mass is 345 g/mol. The van der Waals surface area contributed by atoms with Crippen LogP contribution in [0, 0.1) is 0 Å². The lowest BCUT2D eigenvalue weighted by Crippen LogP contribution is -2.35. The van der Waals surface area contributed by atoms with Gasteiger partial charge in [-0.05, 0) is 24.3 Å². The van der Waals surface area contributed by atoms with Gasteiger partial charge in [-0.1, -0.05) is 13.8 Å². The van der Waals surface area contributed by atoms with Gasteiger partial charge in [0.25, 0.3) is 0 Å². The van der Waals surface area contributed by atoms with Crippen molar-refractivity contribution in [3.63, 3.8) is 0 Å². The van der Waals surface area contributed by atoms with Crippen LogP contribution >= 0.6 is 12.4 Å². The number of aliphatic hydroxyl groups excluding tert-OH is 1. The summed E-state index contributed by atoms with van der Waals surface area (Å²) in [5.41, 5.74) is 0.416.